The Bertz CT molecular complexity index is 863. The highest BCUT2D eigenvalue weighted by atomic mass is 16.2. The van der Waals surface area contributed by atoms with E-state index in [4.69, 9.17) is 5.73 Å². The molecule has 0 bridgehead atoms. The van der Waals surface area contributed by atoms with E-state index in [-0.39, 0.29) is 0 Å². The number of fused-ring (bicyclic) bond motifs is 1. The molecule has 0 spiro atoms. The van der Waals surface area contributed by atoms with Gasteiger partial charge in [-0.2, -0.15) is 0 Å². The van der Waals surface area contributed by atoms with E-state index in [1.807, 2.05) is 66.1 Å². The van der Waals surface area contributed by atoms with Crippen molar-refractivity contribution in [3.63, 3.8) is 0 Å². The Hall–Kier alpha value is -2.88. The molecule has 110 valence electrons. The number of ketones is 1. The Morgan fingerprint density at radius 2 is 1.64 bits per heavy atom. The van der Waals surface area contributed by atoms with Gasteiger partial charge >= 0.3 is 0 Å². The van der Waals surface area contributed by atoms with E-state index in [2.05, 4.69) is 0 Å². The molecule has 4 heteroatoms. The van der Waals surface area contributed by atoms with Crippen molar-refractivity contribution in [3.05, 3.63) is 71.4 Å². The summed E-state index contributed by atoms with van der Waals surface area (Å²) in [4.78, 5) is 23.5. The quantitative estimate of drug-likeness (QED) is 0.593. The number of hydrogen-bond acceptors (Lipinski definition) is 2. The Morgan fingerprint density at radius 3 is 2.32 bits per heavy atom. The first-order chi connectivity index (χ1) is 10.6. The number of amides is 1. The molecule has 3 rings (SSSR count). The van der Waals surface area contributed by atoms with Gasteiger partial charge in [-0.05, 0) is 18.6 Å². The van der Waals surface area contributed by atoms with Crippen LogP contribution in [0, 0.1) is 6.92 Å². The molecule has 2 aromatic carbocycles. The van der Waals surface area contributed by atoms with Gasteiger partial charge in [0, 0.05) is 23.1 Å². The maximum atomic E-state index is 12.2. The number of hydrogen-bond donors (Lipinski definition) is 1. The van der Waals surface area contributed by atoms with Gasteiger partial charge in [0.1, 0.15) is 0 Å². The molecule has 1 heterocycles. The van der Waals surface area contributed by atoms with Crippen LogP contribution >= 0.6 is 0 Å². The first-order valence-corrected chi connectivity index (χ1v) is 7.05. The molecular weight excluding hydrogens is 276 g/mol. The molecule has 22 heavy (non-hydrogen) atoms. The minimum absolute atomic E-state index is 0.402. The Labute approximate surface area is 128 Å². The van der Waals surface area contributed by atoms with E-state index in [1.165, 1.54) is 0 Å². The number of rotatable bonds is 4. The standard InChI is InChI=1S/C18H16N2O2/c1-12-16(17(21)18(19)22)14-9-5-6-10-15(14)20(12)11-13-7-3-2-4-8-13/h2-10H,11H2,1H3,(H2,19,22). The summed E-state index contributed by atoms with van der Waals surface area (Å²) in [6, 6.07) is 17.6. The van der Waals surface area contributed by atoms with Crippen molar-refractivity contribution in [2.24, 2.45) is 5.73 Å². The zero-order chi connectivity index (χ0) is 15.7. The molecule has 0 atom stereocenters. The smallest absolute Gasteiger partial charge is 0.289 e. The van der Waals surface area contributed by atoms with Crippen LogP contribution < -0.4 is 5.73 Å². The summed E-state index contributed by atoms with van der Waals surface area (Å²) in [5, 5.41) is 0.764. The summed E-state index contributed by atoms with van der Waals surface area (Å²) in [6.45, 7) is 2.48. The Balaban J connectivity index is 2.21. The lowest BCUT2D eigenvalue weighted by Crippen LogP contribution is -2.23. The van der Waals surface area contributed by atoms with E-state index < -0.39 is 11.7 Å². The van der Waals surface area contributed by atoms with E-state index in [9.17, 15) is 9.59 Å². The number of aromatic nitrogens is 1. The van der Waals surface area contributed by atoms with Gasteiger partial charge < -0.3 is 10.3 Å². The van der Waals surface area contributed by atoms with Gasteiger partial charge in [-0.25, -0.2) is 0 Å². The molecular formula is C18H16N2O2. The minimum Gasteiger partial charge on any atom is -0.363 e. The number of carbonyl (C=O) groups excluding carboxylic acids is 2. The number of Topliss-reactive ketones (excluding diaryl/α,β-unsaturated/α-hetero) is 1. The van der Waals surface area contributed by atoms with E-state index in [1.54, 1.807) is 0 Å². The molecule has 0 saturated heterocycles. The number of para-hydroxylation sites is 1. The molecule has 0 radical (unpaired) electrons. The lowest BCUT2D eigenvalue weighted by atomic mass is 10.1. The van der Waals surface area contributed by atoms with Gasteiger partial charge in [0.2, 0.25) is 0 Å². The van der Waals surface area contributed by atoms with Crippen LogP contribution in [0.3, 0.4) is 0 Å². The fraction of sp³-hybridized carbons (Fsp3) is 0.111. The highest BCUT2D eigenvalue weighted by Gasteiger charge is 2.23. The van der Waals surface area contributed by atoms with Gasteiger partial charge in [0.15, 0.2) is 0 Å². The van der Waals surface area contributed by atoms with E-state index in [0.717, 1.165) is 22.2 Å². The average molecular weight is 292 g/mol. The number of benzene rings is 2. The van der Waals surface area contributed by atoms with Crippen molar-refractivity contribution in [1.82, 2.24) is 4.57 Å². The van der Waals surface area contributed by atoms with Gasteiger partial charge in [-0.3, -0.25) is 9.59 Å². The molecule has 2 N–H and O–H groups in total. The molecule has 0 aliphatic heterocycles. The fourth-order valence-corrected chi connectivity index (χ4v) is 2.81. The summed E-state index contributed by atoms with van der Waals surface area (Å²) in [7, 11) is 0. The lowest BCUT2D eigenvalue weighted by Gasteiger charge is -2.08. The summed E-state index contributed by atoms with van der Waals surface area (Å²) < 4.78 is 2.04. The van der Waals surface area contributed by atoms with Crippen LogP contribution in [0.4, 0.5) is 0 Å². The average Bonchev–Trinajstić information content (AvgIpc) is 2.80. The summed E-state index contributed by atoms with van der Waals surface area (Å²) in [5.41, 5.74) is 8.41. The number of primary amides is 1. The topological polar surface area (TPSA) is 65.1 Å². The minimum atomic E-state index is -0.925. The van der Waals surface area contributed by atoms with Crippen LogP contribution in [-0.4, -0.2) is 16.3 Å². The molecule has 4 nitrogen and oxygen atoms in total. The second-order valence-corrected chi connectivity index (χ2v) is 5.24. The first kappa shape index (κ1) is 14.1. The van der Waals surface area contributed by atoms with Gasteiger partial charge in [-0.15, -0.1) is 0 Å². The number of nitrogens with two attached hydrogens (primary N) is 1. The molecule has 0 unspecified atom stereocenters. The monoisotopic (exact) mass is 292 g/mol. The highest BCUT2D eigenvalue weighted by molar-refractivity contribution is 6.44. The Kier molecular flexibility index (Phi) is 3.51. The molecule has 1 amide bonds. The highest BCUT2D eigenvalue weighted by Crippen LogP contribution is 2.27. The summed E-state index contributed by atoms with van der Waals surface area (Å²) in [5.74, 6) is -1.56. The third-order valence-electron chi connectivity index (χ3n) is 3.87. The maximum Gasteiger partial charge on any atom is 0.289 e. The molecule has 0 saturated carbocycles. The van der Waals surface area contributed by atoms with Crippen molar-refractivity contribution in [3.8, 4) is 0 Å². The van der Waals surface area contributed by atoms with Gasteiger partial charge in [-0.1, -0.05) is 48.5 Å². The summed E-state index contributed by atoms with van der Waals surface area (Å²) >= 11 is 0. The van der Waals surface area contributed by atoms with Crippen LogP contribution in [0.25, 0.3) is 10.9 Å². The van der Waals surface area contributed by atoms with Crippen LogP contribution in [0.2, 0.25) is 0 Å². The van der Waals surface area contributed by atoms with E-state index in [0.29, 0.717) is 12.1 Å². The van der Waals surface area contributed by atoms with Crippen LogP contribution in [0.1, 0.15) is 21.6 Å². The van der Waals surface area contributed by atoms with Crippen molar-refractivity contribution in [1.29, 1.82) is 0 Å². The maximum absolute atomic E-state index is 12.2. The van der Waals surface area contributed by atoms with Gasteiger partial charge in [0.05, 0.1) is 5.56 Å². The normalized spacial score (nSPS) is 10.8. The second kappa shape index (κ2) is 5.48. The summed E-state index contributed by atoms with van der Waals surface area (Å²) in [6.07, 6.45) is 0. The third-order valence-corrected chi connectivity index (χ3v) is 3.87. The van der Waals surface area contributed by atoms with Crippen LogP contribution in [0.15, 0.2) is 54.6 Å². The number of nitrogens with zero attached hydrogens (tertiary/aromatic N) is 1. The van der Waals surface area contributed by atoms with Gasteiger partial charge in [0.25, 0.3) is 11.7 Å². The molecule has 1 aromatic heterocycles. The predicted molar refractivity (Wildman–Crippen MR) is 85.7 cm³/mol. The molecule has 0 aliphatic carbocycles. The zero-order valence-electron chi connectivity index (χ0n) is 12.2. The number of carbonyl (C=O) groups is 2. The fourth-order valence-electron chi connectivity index (χ4n) is 2.81. The van der Waals surface area contributed by atoms with Crippen molar-refractivity contribution >= 4 is 22.6 Å². The lowest BCUT2D eigenvalue weighted by molar-refractivity contribution is -0.114. The van der Waals surface area contributed by atoms with E-state index >= 15 is 0 Å². The first-order valence-electron chi connectivity index (χ1n) is 7.05. The van der Waals surface area contributed by atoms with Crippen molar-refractivity contribution in [2.75, 3.05) is 0 Å². The zero-order valence-corrected chi connectivity index (χ0v) is 12.2. The van der Waals surface area contributed by atoms with Crippen LogP contribution in [-0.2, 0) is 11.3 Å². The largest absolute Gasteiger partial charge is 0.363 e. The predicted octanol–water partition coefficient (Wildman–Crippen LogP) is 2.67. The van der Waals surface area contributed by atoms with Crippen molar-refractivity contribution < 1.29 is 9.59 Å². The van der Waals surface area contributed by atoms with Crippen LogP contribution in [0.5, 0.6) is 0 Å². The Morgan fingerprint density at radius 1 is 1.00 bits per heavy atom. The SMILES string of the molecule is Cc1c(C(=O)C(N)=O)c2ccccc2n1Cc1ccccc1. The van der Waals surface area contributed by atoms with Crippen molar-refractivity contribution in [2.45, 2.75) is 13.5 Å². The molecule has 3 aromatic rings. The second-order valence-electron chi connectivity index (χ2n) is 5.24. The third kappa shape index (κ3) is 2.29. The molecule has 0 aliphatic rings. The molecule has 0 fully saturated rings.